The molecule has 0 atom stereocenters. The van der Waals surface area contributed by atoms with Gasteiger partial charge in [0, 0.05) is 18.2 Å². The average molecular weight is 502 g/mol. The van der Waals surface area contributed by atoms with E-state index >= 15 is 0 Å². The lowest BCUT2D eigenvalue weighted by Gasteiger charge is -2.21. The van der Waals surface area contributed by atoms with Gasteiger partial charge in [0.15, 0.2) is 17.3 Å². The lowest BCUT2D eigenvalue weighted by atomic mass is 9.98. The van der Waals surface area contributed by atoms with Crippen LogP contribution in [0.1, 0.15) is 17.0 Å². The summed E-state index contributed by atoms with van der Waals surface area (Å²) in [4.78, 5) is 22.7. The van der Waals surface area contributed by atoms with E-state index in [1.54, 1.807) is 12.1 Å². The summed E-state index contributed by atoms with van der Waals surface area (Å²) in [6.45, 7) is 0.224. The monoisotopic (exact) mass is 502 g/mol. The molecule has 3 heterocycles. The van der Waals surface area contributed by atoms with Gasteiger partial charge in [-0.25, -0.2) is 23.5 Å². The molecule has 12 heteroatoms. The second kappa shape index (κ2) is 9.02. The molecule has 5 rings (SSSR count). The van der Waals surface area contributed by atoms with Crippen LogP contribution >= 0.6 is 0 Å². The Balaban J connectivity index is 1.30. The number of nitrogens with zero attached hydrogens (tertiary/aromatic N) is 4. The van der Waals surface area contributed by atoms with Gasteiger partial charge in [0.1, 0.15) is 12.4 Å². The maximum absolute atomic E-state index is 14.5. The first-order valence-electron chi connectivity index (χ1n) is 10.6. The molecule has 1 aliphatic rings. The van der Waals surface area contributed by atoms with Crippen molar-refractivity contribution in [1.82, 2.24) is 19.5 Å². The fraction of sp³-hybridized carbons (Fsp3) is 0.167. The number of hydrogen-bond donors (Lipinski definition) is 0. The van der Waals surface area contributed by atoms with Gasteiger partial charge in [-0.2, -0.15) is 18.2 Å². The highest BCUT2D eigenvalue weighted by atomic mass is 19.4. The van der Waals surface area contributed by atoms with E-state index in [2.05, 4.69) is 15.0 Å². The molecule has 0 fully saturated rings. The van der Waals surface area contributed by atoms with E-state index in [0.717, 1.165) is 24.0 Å². The zero-order valence-electron chi connectivity index (χ0n) is 18.2. The standard InChI is InChI=1S/C24H15F5N4O3/c25-15-2-3-17-14(8-15)5-6-33-19(17)9-21(32-23(33)34)35-12-13-1-4-20(18(26)7-13)36-16-10-30-22(31-11-16)24(27,28)29/h1-4,7-11H,5-6,12H2. The Hall–Kier alpha value is -4.35. The quantitative estimate of drug-likeness (QED) is 0.361. The first-order chi connectivity index (χ1) is 17.2. The van der Waals surface area contributed by atoms with Gasteiger partial charge in [-0.15, -0.1) is 0 Å². The van der Waals surface area contributed by atoms with E-state index in [1.807, 2.05) is 0 Å². The molecule has 0 bridgehead atoms. The minimum absolute atomic E-state index is 0.0195. The number of benzene rings is 2. The number of alkyl halides is 3. The van der Waals surface area contributed by atoms with Crippen LogP contribution < -0.4 is 15.2 Å². The van der Waals surface area contributed by atoms with Crippen LogP contribution in [0.4, 0.5) is 22.0 Å². The second-order valence-electron chi connectivity index (χ2n) is 7.86. The fourth-order valence-electron chi connectivity index (χ4n) is 3.77. The van der Waals surface area contributed by atoms with E-state index < -0.39 is 23.5 Å². The second-order valence-corrected chi connectivity index (χ2v) is 7.86. The lowest BCUT2D eigenvalue weighted by molar-refractivity contribution is -0.145. The molecule has 0 unspecified atom stereocenters. The number of ether oxygens (including phenoxy) is 2. The van der Waals surface area contributed by atoms with Crippen LogP contribution in [0.2, 0.25) is 0 Å². The third-order valence-electron chi connectivity index (χ3n) is 5.43. The molecule has 0 amide bonds. The summed E-state index contributed by atoms with van der Waals surface area (Å²) in [6, 6.07) is 9.75. The predicted molar refractivity (Wildman–Crippen MR) is 115 cm³/mol. The summed E-state index contributed by atoms with van der Waals surface area (Å²) >= 11 is 0. The molecule has 0 N–H and O–H groups in total. The minimum atomic E-state index is -4.70. The van der Waals surface area contributed by atoms with Gasteiger partial charge in [-0.1, -0.05) is 6.07 Å². The third kappa shape index (κ3) is 4.74. The van der Waals surface area contributed by atoms with E-state index in [9.17, 15) is 26.7 Å². The molecular formula is C24H15F5N4O3. The van der Waals surface area contributed by atoms with Crippen molar-refractivity contribution in [2.75, 3.05) is 0 Å². The number of aryl methyl sites for hydroxylation is 1. The summed E-state index contributed by atoms with van der Waals surface area (Å²) in [5.41, 5.74) is 1.87. The Kier molecular flexibility index (Phi) is 5.86. The maximum atomic E-state index is 14.5. The number of halogens is 5. The molecule has 0 aliphatic carbocycles. The number of fused-ring (bicyclic) bond motifs is 3. The first kappa shape index (κ1) is 23.4. The topological polar surface area (TPSA) is 79.1 Å². The lowest BCUT2D eigenvalue weighted by Crippen LogP contribution is -2.28. The average Bonchev–Trinajstić information content (AvgIpc) is 2.83. The van der Waals surface area contributed by atoms with Gasteiger partial charge in [0.2, 0.25) is 11.7 Å². The van der Waals surface area contributed by atoms with Gasteiger partial charge in [0.25, 0.3) is 0 Å². The summed E-state index contributed by atoms with van der Waals surface area (Å²) in [5.74, 6) is -2.92. The highest BCUT2D eigenvalue weighted by Crippen LogP contribution is 2.31. The highest BCUT2D eigenvalue weighted by Gasteiger charge is 2.34. The molecule has 0 spiro atoms. The summed E-state index contributed by atoms with van der Waals surface area (Å²) in [5, 5.41) is 0. The maximum Gasteiger partial charge on any atom is 0.451 e. The molecule has 2 aromatic heterocycles. The molecule has 0 saturated carbocycles. The first-order valence-corrected chi connectivity index (χ1v) is 10.6. The Morgan fingerprint density at radius 1 is 1.00 bits per heavy atom. The van der Waals surface area contributed by atoms with E-state index in [4.69, 9.17) is 9.47 Å². The van der Waals surface area contributed by atoms with Crippen LogP contribution in [0.5, 0.6) is 17.4 Å². The minimum Gasteiger partial charge on any atom is -0.473 e. The molecule has 2 aromatic carbocycles. The van der Waals surface area contributed by atoms with Gasteiger partial charge in [-0.05, 0) is 47.9 Å². The van der Waals surface area contributed by atoms with Crippen molar-refractivity contribution in [1.29, 1.82) is 0 Å². The van der Waals surface area contributed by atoms with Gasteiger partial charge < -0.3 is 9.47 Å². The third-order valence-corrected chi connectivity index (χ3v) is 5.43. The van der Waals surface area contributed by atoms with Crippen molar-refractivity contribution in [3.63, 3.8) is 0 Å². The molecule has 36 heavy (non-hydrogen) atoms. The van der Waals surface area contributed by atoms with Gasteiger partial charge >= 0.3 is 11.9 Å². The van der Waals surface area contributed by atoms with Crippen LogP contribution in [0.3, 0.4) is 0 Å². The zero-order valence-corrected chi connectivity index (χ0v) is 18.2. The Morgan fingerprint density at radius 3 is 2.50 bits per heavy atom. The van der Waals surface area contributed by atoms with Crippen molar-refractivity contribution in [2.24, 2.45) is 0 Å². The Bertz CT molecular complexity index is 1500. The van der Waals surface area contributed by atoms with Crippen molar-refractivity contribution >= 4 is 0 Å². The predicted octanol–water partition coefficient (Wildman–Crippen LogP) is 4.92. The van der Waals surface area contributed by atoms with E-state index in [0.29, 0.717) is 29.8 Å². The van der Waals surface area contributed by atoms with E-state index in [1.165, 1.54) is 28.8 Å². The smallest absolute Gasteiger partial charge is 0.451 e. The SMILES string of the molecule is O=c1nc(OCc2ccc(Oc3cnc(C(F)(F)F)nc3)c(F)c2)cc2n1CCc1cc(F)ccc1-2. The molecule has 4 aromatic rings. The van der Waals surface area contributed by atoms with Crippen LogP contribution in [-0.4, -0.2) is 19.5 Å². The van der Waals surface area contributed by atoms with Gasteiger partial charge in [-0.3, -0.25) is 4.57 Å². The molecule has 184 valence electrons. The van der Waals surface area contributed by atoms with Crippen molar-refractivity contribution < 1.29 is 31.4 Å². The normalized spacial score (nSPS) is 12.6. The molecule has 0 radical (unpaired) electrons. The van der Waals surface area contributed by atoms with Crippen LogP contribution in [-0.2, 0) is 25.7 Å². The number of rotatable bonds is 5. The molecule has 7 nitrogen and oxygen atoms in total. The zero-order chi connectivity index (χ0) is 25.4. The van der Waals surface area contributed by atoms with Crippen LogP contribution in [0.25, 0.3) is 11.3 Å². The Morgan fingerprint density at radius 2 is 1.78 bits per heavy atom. The Labute approximate surface area is 199 Å². The van der Waals surface area contributed by atoms with Crippen molar-refractivity contribution in [2.45, 2.75) is 25.7 Å². The number of hydrogen-bond acceptors (Lipinski definition) is 6. The van der Waals surface area contributed by atoms with E-state index in [-0.39, 0.29) is 29.8 Å². The van der Waals surface area contributed by atoms with Crippen LogP contribution in [0, 0.1) is 11.6 Å². The van der Waals surface area contributed by atoms with Crippen molar-refractivity contribution in [3.05, 3.63) is 93.9 Å². The fourth-order valence-corrected chi connectivity index (χ4v) is 3.77. The van der Waals surface area contributed by atoms with Crippen molar-refractivity contribution in [3.8, 4) is 28.6 Å². The summed E-state index contributed by atoms with van der Waals surface area (Å²) < 4.78 is 78.1. The van der Waals surface area contributed by atoms with Crippen LogP contribution in [0.15, 0.2) is 59.7 Å². The largest absolute Gasteiger partial charge is 0.473 e. The molecular weight excluding hydrogens is 487 g/mol. The number of aromatic nitrogens is 4. The summed E-state index contributed by atoms with van der Waals surface area (Å²) in [7, 11) is 0. The highest BCUT2D eigenvalue weighted by molar-refractivity contribution is 5.66. The molecule has 1 aliphatic heterocycles. The molecule has 0 saturated heterocycles. The summed E-state index contributed by atoms with van der Waals surface area (Å²) in [6.07, 6.45) is -2.63. The van der Waals surface area contributed by atoms with Gasteiger partial charge in [0.05, 0.1) is 18.1 Å².